The van der Waals surface area contributed by atoms with Crippen molar-refractivity contribution in [1.82, 2.24) is 19.9 Å². The summed E-state index contributed by atoms with van der Waals surface area (Å²) in [5, 5.41) is 10.7. The molecule has 0 saturated heterocycles. The van der Waals surface area contributed by atoms with E-state index < -0.39 is 11.7 Å². The fourth-order valence-corrected chi connectivity index (χ4v) is 4.52. The number of thioether (sulfide) groups is 1. The molecule has 0 amide bonds. The summed E-state index contributed by atoms with van der Waals surface area (Å²) < 4.78 is 39.3. The normalized spacial score (nSPS) is 15.6. The molecule has 9 heteroatoms. The van der Waals surface area contributed by atoms with E-state index in [-0.39, 0.29) is 10.9 Å². The number of nitrogens with zero attached hydrogens (tertiary/aromatic N) is 4. The summed E-state index contributed by atoms with van der Waals surface area (Å²) in [6.45, 7) is 0. The van der Waals surface area contributed by atoms with E-state index in [4.69, 9.17) is 0 Å². The van der Waals surface area contributed by atoms with Gasteiger partial charge in [-0.05, 0) is 18.9 Å². The van der Waals surface area contributed by atoms with Crippen LogP contribution < -0.4 is 0 Å². The Bertz CT molecular complexity index is 1050. The first-order valence-corrected chi connectivity index (χ1v) is 9.82. The Morgan fingerprint density at radius 1 is 1.14 bits per heavy atom. The Morgan fingerprint density at radius 3 is 2.64 bits per heavy atom. The summed E-state index contributed by atoms with van der Waals surface area (Å²) in [6.07, 6.45) is 5.04. The maximum absolute atomic E-state index is 13.1. The van der Waals surface area contributed by atoms with Gasteiger partial charge in [-0.15, -0.1) is 0 Å². The molecule has 0 unspecified atom stereocenters. The monoisotopic (exact) mass is 403 g/mol. The van der Waals surface area contributed by atoms with Gasteiger partial charge in [-0.1, -0.05) is 31.0 Å². The fraction of sp³-hybridized carbons (Fsp3) is 0.368. The minimum Gasteiger partial charge on any atom is -0.345 e. The number of hydrogen-bond acceptors (Lipinski definition) is 5. The summed E-state index contributed by atoms with van der Waals surface area (Å²) in [4.78, 5) is 15.5. The summed E-state index contributed by atoms with van der Waals surface area (Å²) in [7, 11) is 0. The maximum Gasteiger partial charge on any atom is 0.417 e. The van der Waals surface area contributed by atoms with E-state index in [0.717, 1.165) is 25.1 Å². The third-order valence-electron chi connectivity index (χ3n) is 4.82. The van der Waals surface area contributed by atoms with Gasteiger partial charge in [0.25, 0.3) is 0 Å². The van der Waals surface area contributed by atoms with Crippen molar-refractivity contribution in [1.29, 1.82) is 5.26 Å². The van der Waals surface area contributed by atoms with Gasteiger partial charge in [-0.2, -0.15) is 18.4 Å². The van der Waals surface area contributed by atoms with E-state index in [0.29, 0.717) is 27.3 Å². The highest BCUT2D eigenvalue weighted by atomic mass is 32.2. The number of hydrogen-bond donors (Lipinski definition) is 1. The van der Waals surface area contributed by atoms with Crippen molar-refractivity contribution < 1.29 is 13.2 Å². The van der Waals surface area contributed by atoms with Crippen LogP contribution in [-0.4, -0.2) is 25.2 Å². The first kappa shape index (κ1) is 18.7. The van der Waals surface area contributed by atoms with Gasteiger partial charge in [-0.25, -0.2) is 15.0 Å². The zero-order valence-electron chi connectivity index (χ0n) is 14.8. The molecule has 0 bridgehead atoms. The molecule has 3 aromatic heterocycles. The first-order chi connectivity index (χ1) is 13.5. The maximum atomic E-state index is 13.1. The SMILES string of the molecule is N#Cc1cnc(SC2CCCCC2)nc1-c1c[nH]c2ncc(C(F)(F)F)cc12. The van der Waals surface area contributed by atoms with Gasteiger partial charge in [0, 0.05) is 34.8 Å². The van der Waals surface area contributed by atoms with E-state index in [1.54, 1.807) is 11.8 Å². The van der Waals surface area contributed by atoms with Gasteiger partial charge in [0.1, 0.15) is 11.7 Å². The minimum atomic E-state index is -4.50. The third kappa shape index (κ3) is 3.69. The predicted molar refractivity (Wildman–Crippen MR) is 99.6 cm³/mol. The molecule has 1 saturated carbocycles. The van der Waals surface area contributed by atoms with E-state index in [1.807, 2.05) is 6.07 Å². The number of nitrogens with one attached hydrogen (secondary N) is 1. The second kappa shape index (κ2) is 7.43. The van der Waals surface area contributed by atoms with E-state index in [2.05, 4.69) is 19.9 Å². The highest BCUT2D eigenvalue weighted by molar-refractivity contribution is 7.99. The van der Waals surface area contributed by atoms with Crippen molar-refractivity contribution >= 4 is 22.8 Å². The van der Waals surface area contributed by atoms with E-state index in [9.17, 15) is 18.4 Å². The summed E-state index contributed by atoms with van der Waals surface area (Å²) >= 11 is 1.57. The Labute approximate surface area is 163 Å². The Hall–Kier alpha value is -2.60. The van der Waals surface area contributed by atoms with Gasteiger partial charge < -0.3 is 4.98 Å². The van der Waals surface area contributed by atoms with Gasteiger partial charge in [-0.3, -0.25) is 0 Å². The van der Waals surface area contributed by atoms with E-state index in [1.165, 1.54) is 31.7 Å². The zero-order chi connectivity index (χ0) is 19.7. The van der Waals surface area contributed by atoms with Crippen LogP contribution in [0, 0.1) is 11.3 Å². The van der Waals surface area contributed by atoms with Gasteiger partial charge in [0.15, 0.2) is 5.16 Å². The smallest absolute Gasteiger partial charge is 0.345 e. The van der Waals surface area contributed by atoms with Gasteiger partial charge in [0.05, 0.1) is 16.8 Å². The van der Waals surface area contributed by atoms with Crippen molar-refractivity contribution in [2.75, 3.05) is 0 Å². The molecule has 1 aliphatic rings. The number of fused-ring (bicyclic) bond motifs is 1. The van der Waals surface area contributed by atoms with Crippen LogP contribution >= 0.6 is 11.8 Å². The van der Waals surface area contributed by atoms with Crippen molar-refractivity contribution in [3.63, 3.8) is 0 Å². The van der Waals surface area contributed by atoms with Crippen LogP contribution in [-0.2, 0) is 6.18 Å². The van der Waals surface area contributed by atoms with E-state index >= 15 is 0 Å². The van der Waals surface area contributed by atoms with Gasteiger partial charge >= 0.3 is 6.18 Å². The van der Waals surface area contributed by atoms with Crippen LogP contribution in [0.4, 0.5) is 13.2 Å². The molecule has 0 aromatic carbocycles. The molecule has 0 aliphatic heterocycles. The second-order valence-corrected chi connectivity index (χ2v) is 7.99. The molecular weight excluding hydrogens is 387 g/mol. The molecule has 5 nitrogen and oxygen atoms in total. The lowest BCUT2D eigenvalue weighted by molar-refractivity contribution is -0.137. The molecule has 0 spiro atoms. The molecule has 0 radical (unpaired) electrons. The standard InChI is InChI=1S/C19H16F3N5S/c20-19(21,22)12-6-14-15(10-25-17(14)24-9-12)16-11(7-23)8-26-18(27-16)28-13-4-2-1-3-5-13/h6,8-10,13H,1-5H2,(H,24,25). The second-order valence-electron chi connectivity index (χ2n) is 6.72. The third-order valence-corrected chi connectivity index (χ3v) is 6.04. The van der Waals surface area contributed by atoms with Crippen LogP contribution in [0.3, 0.4) is 0 Å². The topological polar surface area (TPSA) is 78.2 Å². The quantitative estimate of drug-likeness (QED) is 0.598. The average Bonchev–Trinajstić information content (AvgIpc) is 3.11. The minimum absolute atomic E-state index is 0.214. The predicted octanol–water partition coefficient (Wildman–Crippen LogP) is 5.34. The number of alkyl halides is 3. The molecule has 3 heterocycles. The molecule has 4 rings (SSSR count). The van der Waals surface area contributed by atoms with Crippen LogP contribution in [0.25, 0.3) is 22.3 Å². The Balaban J connectivity index is 1.77. The highest BCUT2D eigenvalue weighted by Crippen LogP contribution is 2.36. The number of aromatic amines is 1. The van der Waals surface area contributed by atoms with Crippen LogP contribution in [0.5, 0.6) is 0 Å². The molecule has 28 heavy (non-hydrogen) atoms. The molecular formula is C19H16F3N5S. The van der Waals surface area contributed by atoms with Crippen LogP contribution in [0.1, 0.15) is 43.2 Å². The number of rotatable bonds is 3. The Kier molecular flexibility index (Phi) is 4.98. The summed E-state index contributed by atoms with van der Waals surface area (Å²) in [5.74, 6) is 0. The molecule has 3 aromatic rings. The summed E-state index contributed by atoms with van der Waals surface area (Å²) in [6, 6.07) is 3.07. The fourth-order valence-electron chi connectivity index (χ4n) is 3.40. The number of H-pyrrole nitrogens is 1. The number of nitriles is 1. The highest BCUT2D eigenvalue weighted by Gasteiger charge is 2.31. The van der Waals surface area contributed by atoms with Crippen molar-refractivity contribution in [3.8, 4) is 17.3 Å². The number of halogens is 3. The first-order valence-electron chi connectivity index (χ1n) is 8.94. The average molecular weight is 403 g/mol. The number of pyridine rings is 1. The van der Waals surface area contributed by atoms with Crippen LogP contribution in [0.2, 0.25) is 0 Å². The van der Waals surface area contributed by atoms with Crippen molar-refractivity contribution in [2.24, 2.45) is 0 Å². The van der Waals surface area contributed by atoms with Crippen molar-refractivity contribution in [2.45, 2.75) is 48.7 Å². The summed E-state index contributed by atoms with van der Waals surface area (Å²) in [5.41, 5.74) is 0.421. The largest absolute Gasteiger partial charge is 0.417 e. The van der Waals surface area contributed by atoms with Crippen LogP contribution in [0.15, 0.2) is 29.8 Å². The lowest BCUT2D eigenvalue weighted by Gasteiger charge is -2.20. The molecule has 0 atom stereocenters. The lowest BCUT2D eigenvalue weighted by Crippen LogP contribution is -2.09. The number of aromatic nitrogens is 4. The molecule has 1 fully saturated rings. The lowest BCUT2D eigenvalue weighted by atomic mass is 10.0. The molecule has 144 valence electrons. The van der Waals surface area contributed by atoms with Gasteiger partial charge in [0.2, 0.25) is 0 Å². The Morgan fingerprint density at radius 2 is 1.93 bits per heavy atom. The molecule has 1 aliphatic carbocycles. The van der Waals surface area contributed by atoms with Crippen molar-refractivity contribution in [3.05, 3.63) is 35.8 Å². The molecule has 1 N–H and O–H groups in total. The zero-order valence-corrected chi connectivity index (χ0v) is 15.6.